The molecule has 2 aromatic carbocycles. The van der Waals surface area contributed by atoms with Gasteiger partial charge in [0.25, 0.3) is 0 Å². The summed E-state index contributed by atoms with van der Waals surface area (Å²) in [4.78, 5) is 26.2. The summed E-state index contributed by atoms with van der Waals surface area (Å²) >= 11 is 0. The molecule has 0 fully saturated rings. The Balaban J connectivity index is 1.51. The summed E-state index contributed by atoms with van der Waals surface area (Å²) in [6, 6.07) is 17.7. The first-order valence-electron chi connectivity index (χ1n) is 8.59. The number of aromatic carboxylic acids is 1. The molecule has 3 N–H and O–H groups in total. The minimum absolute atomic E-state index is 0.0462. The van der Waals surface area contributed by atoms with Crippen LogP contribution in [0.2, 0.25) is 0 Å². The van der Waals surface area contributed by atoms with E-state index in [0.29, 0.717) is 5.69 Å². The Morgan fingerprint density at radius 2 is 1.67 bits per heavy atom. The second-order valence-electron chi connectivity index (χ2n) is 6.50. The van der Waals surface area contributed by atoms with Gasteiger partial charge in [0.1, 0.15) is 12.3 Å². The van der Waals surface area contributed by atoms with E-state index in [9.17, 15) is 14.7 Å². The number of aromatic nitrogens is 1. The summed E-state index contributed by atoms with van der Waals surface area (Å²) in [6.45, 7) is 1.89. The molecule has 1 aliphatic rings. The van der Waals surface area contributed by atoms with Gasteiger partial charge < -0.3 is 14.8 Å². The number of nitrogens with one attached hydrogen (secondary N) is 2. The standard InChI is InChI=1S/C21H18N2O4/c1-12-10-18(19(22-12)20(24)25)23-21(26)27-11-17-15-8-4-2-6-13(15)14-7-3-5-9-16(14)17/h2-10,17,22H,11H2,1H3,(H,23,26)(H,24,25). The number of H-pyrrole nitrogens is 1. The first kappa shape index (κ1) is 16.9. The van der Waals surface area contributed by atoms with Crippen molar-refractivity contribution in [2.24, 2.45) is 0 Å². The number of fused-ring (bicyclic) bond motifs is 3. The Hall–Kier alpha value is -3.54. The van der Waals surface area contributed by atoms with Crippen LogP contribution in [0.25, 0.3) is 11.1 Å². The largest absolute Gasteiger partial charge is 0.477 e. The predicted molar refractivity (Wildman–Crippen MR) is 101 cm³/mol. The van der Waals surface area contributed by atoms with Crippen molar-refractivity contribution in [1.82, 2.24) is 4.98 Å². The van der Waals surface area contributed by atoms with Gasteiger partial charge in [0.15, 0.2) is 0 Å². The number of carboxylic acid groups (broad SMARTS) is 1. The van der Waals surface area contributed by atoms with Crippen LogP contribution in [0.4, 0.5) is 10.5 Å². The molecule has 6 nitrogen and oxygen atoms in total. The number of carbonyl (C=O) groups is 2. The van der Waals surface area contributed by atoms with Gasteiger partial charge in [-0.1, -0.05) is 48.5 Å². The van der Waals surface area contributed by atoms with Gasteiger partial charge in [-0.15, -0.1) is 0 Å². The van der Waals surface area contributed by atoms with E-state index >= 15 is 0 Å². The van der Waals surface area contributed by atoms with E-state index in [1.54, 1.807) is 13.0 Å². The molecular formula is C21H18N2O4. The smallest absolute Gasteiger partial charge is 0.411 e. The maximum absolute atomic E-state index is 12.2. The molecule has 3 aromatic rings. The number of amides is 1. The van der Waals surface area contributed by atoms with E-state index in [1.807, 2.05) is 36.4 Å². The summed E-state index contributed by atoms with van der Waals surface area (Å²) < 4.78 is 5.43. The minimum atomic E-state index is -1.14. The van der Waals surface area contributed by atoms with Crippen molar-refractivity contribution in [3.8, 4) is 11.1 Å². The Morgan fingerprint density at radius 1 is 1.07 bits per heavy atom. The van der Waals surface area contributed by atoms with Crippen LogP contribution in [0.1, 0.15) is 33.2 Å². The summed E-state index contributed by atoms with van der Waals surface area (Å²) in [5.74, 6) is -1.19. The maximum Gasteiger partial charge on any atom is 0.411 e. The van der Waals surface area contributed by atoms with Crippen LogP contribution in [0.15, 0.2) is 54.6 Å². The second-order valence-corrected chi connectivity index (χ2v) is 6.50. The molecule has 6 heteroatoms. The zero-order chi connectivity index (χ0) is 19.0. The van der Waals surface area contributed by atoms with Crippen LogP contribution in [0.3, 0.4) is 0 Å². The van der Waals surface area contributed by atoms with Crippen LogP contribution >= 0.6 is 0 Å². The van der Waals surface area contributed by atoms with Gasteiger partial charge in [-0.25, -0.2) is 9.59 Å². The number of aromatic amines is 1. The van der Waals surface area contributed by atoms with E-state index in [1.165, 1.54) is 0 Å². The van der Waals surface area contributed by atoms with E-state index in [-0.39, 0.29) is 23.9 Å². The normalized spacial score (nSPS) is 12.3. The van der Waals surface area contributed by atoms with Crippen molar-refractivity contribution in [2.45, 2.75) is 12.8 Å². The van der Waals surface area contributed by atoms with Crippen LogP contribution in [-0.2, 0) is 4.74 Å². The molecule has 1 aliphatic carbocycles. The average molecular weight is 362 g/mol. The quantitative estimate of drug-likeness (QED) is 0.642. The minimum Gasteiger partial charge on any atom is -0.477 e. The fourth-order valence-electron chi connectivity index (χ4n) is 3.60. The van der Waals surface area contributed by atoms with Crippen molar-refractivity contribution in [3.63, 3.8) is 0 Å². The molecular weight excluding hydrogens is 344 g/mol. The van der Waals surface area contributed by atoms with Crippen LogP contribution in [0.5, 0.6) is 0 Å². The highest BCUT2D eigenvalue weighted by atomic mass is 16.5. The Bertz CT molecular complexity index is 993. The number of carboxylic acids is 1. The lowest BCUT2D eigenvalue weighted by Gasteiger charge is -2.14. The van der Waals surface area contributed by atoms with E-state index in [4.69, 9.17) is 4.74 Å². The monoisotopic (exact) mass is 362 g/mol. The fraction of sp³-hybridized carbons (Fsp3) is 0.143. The molecule has 1 aromatic heterocycles. The van der Waals surface area contributed by atoms with E-state index in [0.717, 1.165) is 22.3 Å². The lowest BCUT2D eigenvalue weighted by atomic mass is 9.98. The molecule has 1 heterocycles. The third kappa shape index (κ3) is 3.06. The van der Waals surface area contributed by atoms with Crippen molar-refractivity contribution in [3.05, 3.63) is 77.1 Å². The first-order chi connectivity index (χ1) is 13.0. The lowest BCUT2D eigenvalue weighted by Crippen LogP contribution is -2.18. The molecule has 0 atom stereocenters. The molecule has 27 heavy (non-hydrogen) atoms. The molecule has 136 valence electrons. The average Bonchev–Trinajstić information content (AvgIpc) is 3.18. The van der Waals surface area contributed by atoms with Crippen LogP contribution in [-0.4, -0.2) is 28.8 Å². The van der Waals surface area contributed by atoms with Crippen molar-refractivity contribution >= 4 is 17.7 Å². The molecule has 0 spiro atoms. The molecule has 0 saturated heterocycles. The number of anilines is 1. The Morgan fingerprint density at radius 3 is 2.26 bits per heavy atom. The van der Waals surface area contributed by atoms with Gasteiger partial charge in [-0.3, -0.25) is 5.32 Å². The first-order valence-corrected chi connectivity index (χ1v) is 8.59. The number of hydrogen-bond acceptors (Lipinski definition) is 3. The molecule has 0 unspecified atom stereocenters. The number of hydrogen-bond donors (Lipinski definition) is 3. The molecule has 0 saturated carbocycles. The van der Waals surface area contributed by atoms with Gasteiger partial charge in [0.2, 0.25) is 0 Å². The molecule has 0 radical (unpaired) electrons. The highest BCUT2D eigenvalue weighted by Crippen LogP contribution is 2.44. The van der Waals surface area contributed by atoms with Gasteiger partial charge in [0, 0.05) is 11.6 Å². The van der Waals surface area contributed by atoms with Gasteiger partial charge in [-0.2, -0.15) is 0 Å². The fourth-order valence-corrected chi connectivity index (χ4v) is 3.60. The second kappa shape index (κ2) is 6.64. The van der Waals surface area contributed by atoms with Gasteiger partial charge >= 0.3 is 12.1 Å². The number of ether oxygens (including phenoxy) is 1. The number of aryl methyl sites for hydroxylation is 1. The topological polar surface area (TPSA) is 91.4 Å². The van der Waals surface area contributed by atoms with Crippen molar-refractivity contribution < 1.29 is 19.4 Å². The summed E-state index contributed by atoms with van der Waals surface area (Å²) in [5, 5.41) is 11.7. The van der Waals surface area contributed by atoms with E-state index in [2.05, 4.69) is 22.4 Å². The van der Waals surface area contributed by atoms with Crippen molar-refractivity contribution in [2.75, 3.05) is 11.9 Å². The third-order valence-corrected chi connectivity index (χ3v) is 4.75. The number of rotatable bonds is 4. The third-order valence-electron chi connectivity index (χ3n) is 4.75. The summed E-state index contributed by atoms with van der Waals surface area (Å²) in [6.07, 6.45) is -0.682. The highest BCUT2D eigenvalue weighted by Gasteiger charge is 2.29. The zero-order valence-electron chi connectivity index (χ0n) is 14.7. The Labute approximate surface area is 155 Å². The lowest BCUT2D eigenvalue weighted by molar-refractivity contribution is 0.0692. The molecule has 4 rings (SSSR count). The Kier molecular flexibility index (Phi) is 4.16. The van der Waals surface area contributed by atoms with Gasteiger partial charge in [-0.05, 0) is 35.2 Å². The molecule has 1 amide bonds. The van der Waals surface area contributed by atoms with E-state index < -0.39 is 12.1 Å². The molecule has 0 bridgehead atoms. The number of benzene rings is 2. The predicted octanol–water partition coefficient (Wildman–Crippen LogP) is 4.38. The number of carbonyl (C=O) groups excluding carboxylic acids is 1. The van der Waals surface area contributed by atoms with Crippen LogP contribution in [0, 0.1) is 6.92 Å². The SMILES string of the molecule is Cc1cc(NC(=O)OCC2c3ccccc3-c3ccccc32)c(C(=O)O)[nH]1. The summed E-state index contributed by atoms with van der Waals surface area (Å²) in [7, 11) is 0. The molecule has 0 aliphatic heterocycles. The van der Waals surface area contributed by atoms with Gasteiger partial charge in [0.05, 0.1) is 5.69 Å². The highest BCUT2D eigenvalue weighted by molar-refractivity contribution is 5.97. The van der Waals surface area contributed by atoms with Crippen LogP contribution < -0.4 is 5.32 Å². The zero-order valence-corrected chi connectivity index (χ0v) is 14.7. The summed E-state index contributed by atoms with van der Waals surface area (Å²) in [5.41, 5.74) is 5.30. The van der Waals surface area contributed by atoms with Crippen molar-refractivity contribution in [1.29, 1.82) is 0 Å². The maximum atomic E-state index is 12.2.